The molecular formula is C18H20FN3O2. The molecule has 0 unspecified atom stereocenters. The molecule has 3 rings (SSSR count). The van der Waals surface area contributed by atoms with Crippen LogP contribution in [0.4, 0.5) is 4.39 Å². The Balaban J connectivity index is 1.71. The number of carbonyl (C=O) groups excluding carboxylic acids is 1. The van der Waals surface area contributed by atoms with E-state index in [0.717, 1.165) is 25.7 Å². The Kier molecular flexibility index (Phi) is 5.05. The van der Waals surface area contributed by atoms with Crippen LogP contribution in [0.2, 0.25) is 0 Å². The fourth-order valence-corrected chi connectivity index (χ4v) is 2.79. The Morgan fingerprint density at radius 1 is 1.17 bits per heavy atom. The number of benzene rings is 1. The molecule has 1 fully saturated rings. The number of hydrogen-bond acceptors (Lipinski definition) is 4. The highest BCUT2D eigenvalue weighted by atomic mass is 19.1. The largest absolute Gasteiger partial charge is 0.438 e. The lowest BCUT2D eigenvalue weighted by molar-refractivity contribution is 0.0923. The second-order valence-corrected chi connectivity index (χ2v) is 6.00. The molecule has 1 saturated carbocycles. The third-order valence-corrected chi connectivity index (χ3v) is 4.15. The Morgan fingerprint density at radius 2 is 1.88 bits per heavy atom. The number of pyridine rings is 1. The fourth-order valence-electron chi connectivity index (χ4n) is 2.79. The fraction of sp³-hybridized carbons (Fsp3) is 0.333. The highest BCUT2D eigenvalue weighted by Crippen LogP contribution is 2.24. The van der Waals surface area contributed by atoms with Crippen molar-refractivity contribution in [2.45, 2.75) is 37.8 Å². The monoisotopic (exact) mass is 329 g/mol. The minimum absolute atomic E-state index is 0.121. The van der Waals surface area contributed by atoms with E-state index in [2.05, 4.69) is 10.3 Å². The van der Waals surface area contributed by atoms with Crippen molar-refractivity contribution in [1.29, 1.82) is 0 Å². The first-order valence-electron chi connectivity index (χ1n) is 8.06. The van der Waals surface area contributed by atoms with Gasteiger partial charge in [-0.2, -0.15) is 0 Å². The van der Waals surface area contributed by atoms with Gasteiger partial charge in [-0.05, 0) is 62.1 Å². The van der Waals surface area contributed by atoms with E-state index >= 15 is 0 Å². The first-order valence-corrected chi connectivity index (χ1v) is 8.06. The maximum absolute atomic E-state index is 13.0. The molecule has 0 aliphatic heterocycles. The zero-order chi connectivity index (χ0) is 16.9. The van der Waals surface area contributed by atoms with Crippen LogP contribution in [-0.4, -0.2) is 23.0 Å². The third kappa shape index (κ3) is 4.08. The molecule has 1 aliphatic rings. The van der Waals surface area contributed by atoms with Crippen LogP contribution in [0.25, 0.3) is 0 Å². The lowest BCUT2D eigenvalue weighted by Gasteiger charge is -2.26. The molecule has 1 aromatic carbocycles. The number of aromatic nitrogens is 1. The van der Waals surface area contributed by atoms with Crippen molar-refractivity contribution in [3.63, 3.8) is 0 Å². The van der Waals surface area contributed by atoms with E-state index < -0.39 is 0 Å². The summed E-state index contributed by atoms with van der Waals surface area (Å²) in [5.41, 5.74) is 6.25. The molecule has 3 N–H and O–H groups in total. The summed E-state index contributed by atoms with van der Waals surface area (Å²) < 4.78 is 18.6. The van der Waals surface area contributed by atoms with Gasteiger partial charge in [-0.15, -0.1) is 0 Å². The van der Waals surface area contributed by atoms with Gasteiger partial charge < -0.3 is 15.8 Å². The summed E-state index contributed by atoms with van der Waals surface area (Å²) in [5, 5.41) is 3.02. The molecule has 1 aromatic heterocycles. The van der Waals surface area contributed by atoms with Crippen molar-refractivity contribution in [2.24, 2.45) is 5.73 Å². The molecule has 0 radical (unpaired) electrons. The molecule has 24 heavy (non-hydrogen) atoms. The van der Waals surface area contributed by atoms with E-state index in [1.807, 2.05) is 0 Å². The predicted molar refractivity (Wildman–Crippen MR) is 88.4 cm³/mol. The topological polar surface area (TPSA) is 77.2 Å². The lowest BCUT2D eigenvalue weighted by Crippen LogP contribution is -2.40. The second-order valence-electron chi connectivity index (χ2n) is 6.00. The van der Waals surface area contributed by atoms with E-state index in [1.54, 1.807) is 18.3 Å². The first kappa shape index (κ1) is 16.4. The van der Waals surface area contributed by atoms with Gasteiger partial charge >= 0.3 is 0 Å². The summed E-state index contributed by atoms with van der Waals surface area (Å²) in [7, 11) is 0. The molecule has 1 amide bonds. The van der Waals surface area contributed by atoms with Crippen LogP contribution in [0, 0.1) is 5.82 Å². The molecule has 5 nitrogen and oxygen atoms in total. The maximum Gasteiger partial charge on any atom is 0.257 e. The van der Waals surface area contributed by atoms with Crippen LogP contribution in [0.15, 0.2) is 42.6 Å². The van der Waals surface area contributed by atoms with E-state index in [9.17, 15) is 9.18 Å². The van der Waals surface area contributed by atoms with Crippen molar-refractivity contribution in [2.75, 3.05) is 0 Å². The van der Waals surface area contributed by atoms with Gasteiger partial charge in [0.25, 0.3) is 5.91 Å². The molecule has 126 valence electrons. The van der Waals surface area contributed by atoms with Crippen molar-refractivity contribution in [3.05, 3.63) is 54.0 Å². The van der Waals surface area contributed by atoms with Gasteiger partial charge in [0.05, 0.1) is 0 Å². The average molecular weight is 329 g/mol. The number of nitrogens with one attached hydrogen (secondary N) is 1. The number of nitrogens with zero attached hydrogens (tertiary/aromatic N) is 1. The molecular weight excluding hydrogens is 309 g/mol. The lowest BCUT2D eigenvalue weighted by atomic mass is 9.91. The zero-order valence-corrected chi connectivity index (χ0v) is 13.2. The number of carbonyl (C=O) groups is 1. The summed E-state index contributed by atoms with van der Waals surface area (Å²) in [5.74, 6) is 0.0550. The number of ether oxygens (including phenoxy) is 1. The van der Waals surface area contributed by atoms with Gasteiger partial charge in [0, 0.05) is 18.3 Å². The number of rotatable bonds is 4. The molecule has 6 heteroatoms. The van der Waals surface area contributed by atoms with Gasteiger partial charge in [-0.1, -0.05) is 0 Å². The highest BCUT2D eigenvalue weighted by molar-refractivity contribution is 5.96. The van der Waals surface area contributed by atoms with Gasteiger partial charge in [-0.3, -0.25) is 4.79 Å². The molecule has 0 bridgehead atoms. The van der Waals surface area contributed by atoms with Gasteiger partial charge in [0.1, 0.15) is 17.1 Å². The van der Waals surface area contributed by atoms with Crippen LogP contribution in [0.3, 0.4) is 0 Å². The maximum atomic E-state index is 13.0. The minimum Gasteiger partial charge on any atom is -0.438 e. The van der Waals surface area contributed by atoms with Crippen molar-refractivity contribution in [1.82, 2.24) is 10.3 Å². The van der Waals surface area contributed by atoms with E-state index in [0.29, 0.717) is 11.3 Å². The minimum atomic E-state index is -0.350. The predicted octanol–water partition coefficient (Wildman–Crippen LogP) is 3.01. The molecule has 0 atom stereocenters. The van der Waals surface area contributed by atoms with Gasteiger partial charge in [0.15, 0.2) is 0 Å². The molecule has 1 heterocycles. The van der Waals surface area contributed by atoms with Gasteiger partial charge in [0.2, 0.25) is 5.88 Å². The summed E-state index contributed by atoms with van der Waals surface area (Å²) in [6.07, 6.45) is 5.13. The second kappa shape index (κ2) is 7.40. The Labute approximate surface area is 140 Å². The summed E-state index contributed by atoms with van der Waals surface area (Å²) in [6.45, 7) is 0. The standard InChI is InChI=1S/C18H20FN3O2/c19-12-3-9-15(10-4-12)24-18-16(2-1-11-21-18)17(23)22-14-7-5-13(20)6-8-14/h1-4,9-11,13-14H,5-8,20H2,(H,22,23). The van der Waals surface area contributed by atoms with Gasteiger partial charge in [-0.25, -0.2) is 9.37 Å². The number of amides is 1. The van der Waals surface area contributed by atoms with Crippen molar-refractivity contribution >= 4 is 5.91 Å². The van der Waals surface area contributed by atoms with Crippen LogP contribution >= 0.6 is 0 Å². The van der Waals surface area contributed by atoms with E-state index in [1.165, 1.54) is 24.3 Å². The van der Waals surface area contributed by atoms with Crippen molar-refractivity contribution in [3.8, 4) is 11.6 Å². The SMILES string of the molecule is NC1CCC(NC(=O)c2cccnc2Oc2ccc(F)cc2)CC1. The number of hydrogen-bond donors (Lipinski definition) is 2. The van der Waals surface area contributed by atoms with Crippen LogP contribution in [0.1, 0.15) is 36.0 Å². The Morgan fingerprint density at radius 3 is 2.58 bits per heavy atom. The first-order chi connectivity index (χ1) is 11.6. The number of nitrogens with two attached hydrogens (primary N) is 1. The van der Waals surface area contributed by atoms with E-state index in [4.69, 9.17) is 10.5 Å². The molecule has 0 spiro atoms. The summed E-state index contributed by atoms with van der Waals surface area (Å²) >= 11 is 0. The summed E-state index contributed by atoms with van der Waals surface area (Å²) in [4.78, 5) is 16.7. The Hall–Kier alpha value is -2.47. The smallest absolute Gasteiger partial charge is 0.257 e. The normalized spacial score (nSPS) is 20.4. The molecule has 2 aromatic rings. The third-order valence-electron chi connectivity index (χ3n) is 4.15. The van der Waals surface area contributed by atoms with Crippen molar-refractivity contribution < 1.29 is 13.9 Å². The molecule has 1 aliphatic carbocycles. The van der Waals surface area contributed by atoms with Crippen LogP contribution in [-0.2, 0) is 0 Å². The molecule has 0 saturated heterocycles. The van der Waals surface area contributed by atoms with Crippen LogP contribution < -0.4 is 15.8 Å². The zero-order valence-electron chi connectivity index (χ0n) is 13.2. The van der Waals surface area contributed by atoms with E-state index in [-0.39, 0.29) is 29.7 Å². The quantitative estimate of drug-likeness (QED) is 0.904. The summed E-state index contributed by atoms with van der Waals surface area (Å²) in [6, 6.07) is 9.28. The average Bonchev–Trinajstić information content (AvgIpc) is 2.59. The highest BCUT2D eigenvalue weighted by Gasteiger charge is 2.22. The Bertz CT molecular complexity index is 698. The van der Waals surface area contributed by atoms with Crippen LogP contribution in [0.5, 0.6) is 11.6 Å². The number of halogens is 1.